The predicted molar refractivity (Wildman–Crippen MR) is 89.2 cm³/mol. The number of benzene rings is 1. The van der Waals surface area contributed by atoms with E-state index in [1.807, 2.05) is 30.3 Å². The van der Waals surface area contributed by atoms with E-state index in [1.54, 1.807) is 14.1 Å². The first-order chi connectivity index (χ1) is 9.67. The molecule has 1 rings (SSSR count). The van der Waals surface area contributed by atoms with Crippen LogP contribution in [0.4, 0.5) is 0 Å². The average Bonchev–Trinajstić information content (AvgIpc) is 2.50. The number of amidine groups is 2. The van der Waals surface area contributed by atoms with E-state index in [2.05, 4.69) is 31.0 Å². The van der Waals surface area contributed by atoms with Crippen molar-refractivity contribution < 1.29 is 19.5 Å². The molecule has 106 valence electrons. The molecule has 9 heteroatoms. The van der Waals surface area contributed by atoms with Crippen LogP contribution in [0, 0.1) is 0 Å². The Morgan fingerprint density at radius 1 is 0.952 bits per heavy atom. The van der Waals surface area contributed by atoms with Crippen LogP contribution in [-0.2, 0) is 44.7 Å². The molecule has 2 N–H and O–H groups in total. The number of hydrogen-bond donors (Lipinski definition) is 2. The smallest absolute Gasteiger partial charge is 0.741 e. The summed E-state index contributed by atoms with van der Waals surface area (Å²) in [5.74, 6) is 0. The van der Waals surface area contributed by atoms with Gasteiger partial charge in [0.2, 0.25) is 0 Å². The molecule has 1 aromatic rings. The van der Waals surface area contributed by atoms with Crippen molar-refractivity contribution in [2.75, 3.05) is 14.1 Å². The van der Waals surface area contributed by atoms with E-state index in [0.29, 0.717) is 5.71 Å². The SMILES string of the molecule is CN/C([S-])=N/N=C/C(=N/N=C(\[S-])NC)c1ccccc1.[Zn+2]. The second kappa shape index (κ2) is 11.2. The van der Waals surface area contributed by atoms with Crippen molar-refractivity contribution in [2.45, 2.75) is 0 Å². The molecular formula is C12H14N6S2Zn. The van der Waals surface area contributed by atoms with E-state index in [-0.39, 0.29) is 29.8 Å². The molecule has 0 fully saturated rings. The number of nitrogens with zero attached hydrogens (tertiary/aromatic N) is 4. The Labute approximate surface area is 147 Å². The Kier molecular flexibility index (Phi) is 10.5. The standard InChI is InChI=1S/C12H16N6S2.Zn/c1-13-11(19)17-15-8-10(16-18-12(20)14-2)9-6-4-3-5-7-9;/h3-8H,1-2H3,(H2,13,17,19)(H2,14,18,20);/q;+2/p-2/b15-8+,16-10-;. The quantitative estimate of drug-likeness (QED) is 0.267. The van der Waals surface area contributed by atoms with Crippen LogP contribution >= 0.6 is 0 Å². The normalized spacial score (nSPS) is 13.0. The Morgan fingerprint density at radius 2 is 1.52 bits per heavy atom. The molecule has 0 spiro atoms. The van der Waals surface area contributed by atoms with Crippen molar-refractivity contribution in [3.8, 4) is 0 Å². The maximum Gasteiger partial charge on any atom is 2.00 e. The molecule has 0 amide bonds. The minimum absolute atomic E-state index is 0. The van der Waals surface area contributed by atoms with Crippen LogP contribution in [-0.4, -0.2) is 36.4 Å². The van der Waals surface area contributed by atoms with E-state index in [0.717, 1.165) is 5.56 Å². The van der Waals surface area contributed by atoms with Crippen LogP contribution in [0.2, 0.25) is 0 Å². The summed E-state index contributed by atoms with van der Waals surface area (Å²) in [5.41, 5.74) is 1.38. The van der Waals surface area contributed by atoms with E-state index < -0.39 is 0 Å². The second-order valence-corrected chi connectivity index (χ2v) is 4.18. The molecule has 0 bridgehead atoms. The van der Waals surface area contributed by atoms with E-state index >= 15 is 0 Å². The summed E-state index contributed by atoms with van der Waals surface area (Å²) < 4.78 is 0. The topological polar surface area (TPSA) is 73.5 Å². The van der Waals surface area contributed by atoms with Crippen molar-refractivity contribution in [1.82, 2.24) is 10.6 Å². The summed E-state index contributed by atoms with van der Waals surface area (Å²) >= 11 is 9.78. The van der Waals surface area contributed by atoms with Gasteiger partial charge in [-0.3, -0.25) is 0 Å². The fraction of sp³-hybridized carbons (Fsp3) is 0.167. The van der Waals surface area contributed by atoms with Crippen molar-refractivity contribution in [1.29, 1.82) is 0 Å². The van der Waals surface area contributed by atoms with Gasteiger partial charge in [0.25, 0.3) is 0 Å². The van der Waals surface area contributed by atoms with Gasteiger partial charge >= 0.3 is 19.5 Å². The first-order valence-corrected chi connectivity index (χ1v) is 6.50. The van der Waals surface area contributed by atoms with Crippen LogP contribution < -0.4 is 10.6 Å². The summed E-state index contributed by atoms with van der Waals surface area (Å²) in [5, 5.41) is 21.5. The summed E-state index contributed by atoms with van der Waals surface area (Å²) in [6.45, 7) is 0. The van der Waals surface area contributed by atoms with Gasteiger partial charge in [0.05, 0.1) is 6.21 Å². The van der Waals surface area contributed by atoms with Crippen LogP contribution in [0.1, 0.15) is 5.56 Å². The van der Waals surface area contributed by atoms with E-state index in [4.69, 9.17) is 25.3 Å². The maximum atomic E-state index is 4.91. The molecule has 0 radical (unpaired) electrons. The molecule has 0 aliphatic rings. The van der Waals surface area contributed by atoms with Gasteiger partial charge in [0.1, 0.15) is 5.71 Å². The molecule has 0 saturated heterocycles. The molecule has 21 heavy (non-hydrogen) atoms. The van der Waals surface area contributed by atoms with Crippen molar-refractivity contribution in [3.63, 3.8) is 0 Å². The third-order valence-corrected chi connectivity index (χ3v) is 2.65. The van der Waals surface area contributed by atoms with Gasteiger partial charge in [-0.2, -0.15) is 15.3 Å². The Balaban J connectivity index is 0.00000400. The zero-order valence-electron chi connectivity index (χ0n) is 11.8. The van der Waals surface area contributed by atoms with Gasteiger partial charge < -0.3 is 35.9 Å². The van der Waals surface area contributed by atoms with Crippen LogP contribution in [0.15, 0.2) is 50.7 Å². The number of hydrogen-bond acceptors (Lipinski definition) is 6. The summed E-state index contributed by atoms with van der Waals surface area (Å²) in [4.78, 5) is 0. The molecule has 0 atom stereocenters. The largest absolute Gasteiger partial charge is 2.00 e. The van der Waals surface area contributed by atoms with Crippen LogP contribution in [0.25, 0.3) is 0 Å². The van der Waals surface area contributed by atoms with E-state index in [1.165, 1.54) is 6.21 Å². The summed E-state index contributed by atoms with van der Waals surface area (Å²) in [6.07, 6.45) is 1.47. The van der Waals surface area contributed by atoms with Gasteiger partial charge in [0.15, 0.2) is 0 Å². The van der Waals surface area contributed by atoms with Gasteiger partial charge in [-0.25, -0.2) is 0 Å². The first kappa shape index (κ1) is 19.6. The van der Waals surface area contributed by atoms with Crippen LogP contribution in [0.5, 0.6) is 0 Å². The van der Waals surface area contributed by atoms with Gasteiger partial charge in [0, 0.05) is 19.7 Å². The minimum Gasteiger partial charge on any atom is -0.741 e. The molecule has 6 nitrogen and oxygen atoms in total. The molecule has 0 unspecified atom stereocenters. The Hall–Kier alpha value is -1.44. The first-order valence-electron chi connectivity index (χ1n) is 5.69. The molecule has 0 aliphatic carbocycles. The third kappa shape index (κ3) is 7.79. The molecule has 0 saturated carbocycles. The monoisotopic (exact) mass is 370 g/mol. The molecule has 0 heterocycles. The van der Waals surface area contributed by atoms with Gasteiger partial charge in [-0.05, 0) is 10.3 Å². The zero-order chi connectivity index (χ0) is 14.8. The maximum absolute atomic E-state index is 4.91. The third-order valence-electron chi connectivity index (χ3n) is 2.07. The van der Waals surface area contributed by atoms with Gasteiger partial charge in [-0.1, -0.05) is 30.3 Å². The molecular weight excluding hydrogens is 358 g/mol. The average molecular weight is 372 g/mol. The summed E-state index contributed by atoms with van der Waals surface area (Å²) in [6, 6.07) is 9.47. The fourth-order valence-electron chi connectivity index (χ4n) is 1.10. The van der Waals surface area contributed by atoms with E-state index in [9.17, 15) is 0 Å². The molecule has 0 aliphatic heterocycles. The summed E-state index contributed by atoms with van der Waals surface area (Å²) in [7, 11) is 3.35. The van der Waals surface area contributed by atoms with Gasteiger partial charge in [-0.15, -0.1) is 5.10 Å². The number of rotatable bonds is 4. The number of nitrogens with one attached hydrogen (secondary N) is 2. The van der Waals surface area contributed by atoms with Crippen LogP contribution in [0.3, 0.4) is 0 Å². The Bertz CT molecular complexity index is 542. The minimum atomic E-state index is 0. The zero-order valence-corrected chi connectivity index (χ0v) is 16.4. The Morgan fingerprint density at radius 3 is 2.10 bits per heavy atom. The second-order valence-electron chi connectivity index (χ2n) is 3.41. The predicted octanol–water partition coefficient (Wildman–Crippen LogP) is 0.619. The van der Waals surface area contributed by atoms with Crippen molar-refractivity contribution >= 4 is 47.5 Å². The fourth-order valence-corrected chi connectivity index (χ4v) is 1.19. The molecule has 0 aromatic heterocycles. The molecule has 1 aromatic carbocycles. The van der Waals surface area contributed by atoms with Crippen molar-refractivity contribution in [2.24, 2.45) is 20.4 Å². The van der Waals surface area contributed by atoms with Crippen molar-refractivity contribution in [3.05, 3.63) is 35.9 Å².